The van der Waals surface area contributed by atoms with E-state index >= 15 is 0 Å². The van der Waals surface area contributed by atoms with Crippen LogP contribution in [0.3, 0.4) is 0 Å². The maximum atomic E-state index is 12.3. The van der Waals surface area contributed by atoms with Gasteiger partial charge in [0.25, 0.3) is 5.91 Å². The molecule has 4 heteroatoms. The molecule has 23 heavy (non-hydrogen) atoms. The Morgan fingerprint density at radius 2 is 1.70 bits per heavy atom. The van der Waals surface area contributed by atoms with Gasteiger partial charge in [-0.15, -0.1) is 0 Å². The Labute approximate surface area is 137 Å². The number of ether oxygens (including phenoxy) is 1. The first-order chi connectivity index (χ1) is 11.1. The lowest BCUT2D eigenvalue weighted by Gasteiger charge is -2.28. The summed E-state index contributed by atoms with van der Waals surface area (Å²) in [6, 6.07) is 13.7. The van der Waals surface area contributed by atoms with E-state index in [1.54, 1.807) is 0 Å². The largest absolute Gasteiger partial charge is 0.378 e. The zero-order valence-electron chi connectivity index (χ0n) is 13.6. The van der Waals surface area contributed by atoms with Crippen molar-refractivity contribution in [1.29, 1.82) is 0 Å². The molecule has 0 atom stereocenters. The molecule has 1 fully saturated rings. The van der Waals surface area contributed by atoms with E-state index in [4.69, 9.17) is 4.74 Å². The minimum Gasteiger partial charge on any atom is -0.378 e. The second kappa shape index (κ2) is 6.84. The number of carbonyl (C=O) groups is 1. The lowest BCUT2D eigenvalue weighted by Crippen LogP contribution is -2.36. The van der Waals surface area contributed by atoms with E-state index in [-0.39, 0.29) is 5.91 Å². The van der Waals surface area contributed by atoms with E-state index in [0.29, 0.717) is 5.56 Å². The van der Waals surface area contributed by atoms with Gasteiger partial charge < -0.3 is 15.0 Å². The number of benzene rings is 2. The van der Waals surface area contributed by atoms with Crippen LogP contribution in [0.5, 0.6) is 0 Å². The number of carbonyl (C=O) groups excluding carboxylic acids is 1. The van der Waals surface area contributed by atoms with Crippen LogP contribution >= 0.6 is 0 Å². The highest BCUT2D eigenvalue weighted by atomic mass is 16.5. The number of morpholine rings is 1. The van der Waals surface area contributed by atoms with Crippen molar-refractivity contribution in [3.63, 3.8) is 0 Å². The molecule has 1 aliphatic heterocycles. The summed E-state index contributed by atoms with van der Waals surface area (Å²) in [5, 5.41) is 2.95. The second-order valence-corrected chi connectivity index (χ2v) is 5.90. The van der Waals surface area contributed by atoms with Gasteiger partial charge in [-0.25, -0.2) is 0 Å². The third-order valence-electron chi connectivity index (χ3n) is 4.27. The van der Waals surface area contributed by atoms with E-state index in [9.17, 15) is 4.79 Å². The van der Waals surface area contributed by atoms with Crippen molar-refractivity contribution in [2.45, 2.75) is 13.8 Å². The van der Waals surface area contributed by atoms with Crippen molar-refractivity contribution in [2.24, 2.45) is 0 Å². The van der Waals surface area contributed by atoms with Gasteiger partial charge in [-0.3, -0.25) is 4.79 Å². The fourth-order valence-corrected chi connectivity index (χ4v) is 2.66. The van der Waals surface area contributed by atoms with Crippen LogP contribution in [0.25, 0.3) is 0 Å². The van der Waals surface area contributed by atoms with Gasteiger partial charge in [0.15, 0.2) is 0 Å². The average molecular weight is 310 g/mol. The number of aryl methyl sites for hydroxylation is 2. The Balaban J connectivity index is 1.67. The number of hydrogen-bond donors (Lipinski definition) is 1. The topological polar surface area (TPSA) is 41.6 Å². The van der Waals surface area contributed by atoms with Crippen LogP contribution < -0.4 is 10.2 Å². The molecule has 3 rings (SSSR count). The number of hydrogen-bond acceptors (Lipinski definition) is 3. The van der Waals surface area contributed by atoms with Crippen molar-refractivity contribution in [1.82, 2.24) is 0 Å². The molecule has 1 N–H and O–H groups in total. The van der Waals surface area contributed by atoms with E-state index in [2.05, 4.69) is 10.2 Å². The summed E-state index contributed by atoms with van der Waals surface area (Å²) < 4.78 is 5.37. The lowest BCUT2D eigenvalue weighted by atomic mass is 10.1. The van der Waals surface area contributed by atoms with Crippen molar-refractivity contribution in [2.75, 3.05) is 36.5 Å². The number of nitrogens with one attached hydrogen (secondary N) is 1. The van der Waals surface area contributed by atoms with Crippen molar-refractivity contribution >= 4 is 17.3 Å². The third kappa shape index (κ3) is 3.71. The van der Waals surface area contributed by atoms with E-state index in [0.717, 1.165) is 43.2 Å². The fraction of sp³-hybridized carbons (Fsp3) is 0.316. The molecule has 1 saturated heterocycles. The molecule has 0 saturated carbocycles. The first kappa shape index (κ1) is 15.6. The smallest absolute Gasteiger partial charge is 0.255 e. The Hall–Kier alpha value is -2.33. The first-order valence-electron chi connectivity index (χ1n) is 7.95. The van der Waals surface area contributed by atoms with Crippen LogP contribution in [0.2, 0.25) is 0 Å². The molecular formula is C19H22N2O2. The Bertz CT molecular complexity index is 689. The quantitative estimate of drug-likeness (QED) is 0.945. The Morgan fingerprint density at radius 3 is 2.35 bits per heavy atom. The lowest BCUT2D eigenvalue weighted by molar-refractivity contribution is 0.102. The predicted octanol–water partition coefficient (Wildman–Crippen LogP) is 3.39. The highest BCUT2D eigenvalue weighted by molar-refractivity contribution is 6.04. The molecule has 0 spiro atoms. The van der Waals surface area contributed by atoms with Gasteiger partial charge in [0.1, 0.15) is 0 Å². The third-order valence-corrected chi connectivity index (χ3v) is 4.27. The molecule has 0 bridgehead atoms. The highest BCUT2D eigenvalue weighted by Crippen LogP contribution is 2.20. The summed E-state index contributed by atoms with van der Waals surface area (Å²) in [5.74, 6) is -0.0766. The van der Waals surface area contributed by atoms with Crippen molar-refractivity contribution in [3.8, 4) is 0 Å². The molecule has 2 aromatic rings. The number of rotatable bonds is 3. The standard InChI is InChI=1S/C19H22N2O2/c1-14-3-4-16(13-15(14)2)19(22)20-17-5-7-18(8-6-17)21-9-11-23-12-10-21/h3-8,13H,9-12H2,1-2H3,(H,20,22). The normalized spacial score (nSPS) is 14.6. The SMILES string of the molecule is Cc1ccc(C(=O)Nc2ccc(N3CCOCC3)cc2)cc1C. The summed E-state index contributed by atoms with van der Waals surface area (Å²) in [5.41, 5.74) is 4.98. The molecule has 0 aliphatic carbocycles. The van der Waals surface area contributed by atoms with Crippen molar-refractivity contribution in [3.05, 3.63) is 59.2 Å². The molecular weight excluding hydrogens is 288 g/mol. The van der Waals surface area contributed by atoms with E-state index < -0.39 is 0 Å². The summed E-state index contributed by atoms with van der Waals surface area (Å²) in [4.78, 5) is 14.6. The number of anilines is 2. The highest BCUT2D eigenvalue weighted by Gasteiger charge is 2.11. The van der Waals surface area contributed by atoms with Crippen LogP contribution in [-0.2, 0) is 4.74 Å². The second-order valence-electron chi connectivity index (χ2n) is 5.90. The molecule has 0 unspecified atom stereocenters. The zero-order valence-corrected chi connectivity index (χ0v) is 13.6. The van der Waals surface area contributed by atoms with Gasteiger partial charge in [-0.05, 0) is 61.4 Å². The summed E-state index contributed by atoms with van der Waals surface area (Å²) in [6.07, 6.45) is 0. The average Bonchev–Trinajstić information content (AvgIpc) is 2.59. The minimum atomic E-state index is -0.0766. The van der Waals surface area contributed by atoms with Gasteiger partial charge >= 0.3 is 0 Å². The first-order valence-corrected chi connectivity index (χ1v) is 7.95. The van der Waals surface area contributed by atoms with Crippen LogP contribution in [0.1, 0.15) is 21.5 Å². The van der Waals surface area contributed by atoms with Crippen LogP contribution in [0.4, 0.5) is 11.4 Å². The molecule has 0 radical (unpaired) electrons. The summed E-state index contributed by atoms with van der Waals surface area (Å²) >= 11 is 0. The number of nitrogens with zero attached hydrogens (tertiary/aromatic N) is 1. The molecule has 120 valence electrons. The molecule has 1 heterocycles. The van der Waals surface area contributed by atoms with Gasteiger partial charge in [0.05, 0.1) is 13.2 Å². The van der Waals surface area contributed by atoms with Crippen molar-refractivity contribution < 1.29 is 9.53 Å². The monoisotopic (exact) mass is 310 g/mol. The maximum Gasteiger partial charge on any atom is 0.255 e. The Kier molecular flexibility index (Phi) is 4.63. The summed E-state index contributed by atoms with van der Waals surface area (Å²) in [6.45, 7) is 7.42. The zero-order chi connectivity index (χ0) is 16.2. The molecule has 1 amide bonds. The van der Waals surface area contributed by atoms with Crippen LogP contribution in [0, 0.1) is 13.8 Å². The Morgan fingerprint density at radius 1 is 1.00 bits per heavy atom. The summed E-state index contributed by atoms with van der Waals surface area (Å²) in [7, 11) is 0. The van der Waals surface area contributed by atoms with E-state index in [1.165, 1.54) is 5.56 Å². The molecule has 4 nitrogen and oxygen atoms in total. The van der Waals surface area contributed by atoms with Gasteiger partial charge in [-0.2, -0.15) is 0 Å². The van der Waals surface area contributed by atoms with Gasteiger partial charge in [0.2, 0.25) is 0 Å². The van der Waals surface area contributed by atoms with E-state index in [1.807, 2.05) is 56.3 Å². The fourth-order valence-electron chi connectivity index (χ4n) is 2.66. The predicted molar refractivity (Wildman–Crippen MR) is 93.3 cm³/mol. The molecule has 0 aromatic heterocycles. The van der Waals surface area contributed by atoms with Crippen LogP contribution in [-0.4, -0.2) is 32.2 Å². The molecule has 2 aromatic carbocycles. The number of amides is 1. The van der Waals surface area contributed by atoms with Gasteiger partial charge in [-0.1, -0.05) is 6.07 Å². The molecule has 1 aliphatic rings. The minimum absolute atomic E-state index is 0.0766. The van der Waals surface area contributed by atoms with Gasteiger partial charge in [0, 0.05) is 30.0 Å². The van der Waals surface area contributed by atoms with Crippen LogP contribution in [0.15, 0.2) is 42.5 Å². The maximum absolute atomic E-state index is 12.3.